The van der Waals surface area contributed by atoms with Crippen molar-refractivity contribution < 1.29 is 10.2 Å². The van der Waals surface area contributed by atoms with E-state index in [0.29, 0.717) is 13.0 Å². The molecule has 3 N–H and O–H groups in total. The summed E-state index contributed by atoms with van der Waals surface area (Å²) in [6.07, 6.45) is -0.772. The van der Waals surface area contributed by atoms with Crippen molar-refractivity contribution >= 4 is 0 Å². The summed E-state index contributed by atoms with van der Waals surface area (Å²) in [6.45, 7) is 0.658. The minimum Gasteiger partial charge on any atom is -0.366 e. The Bertz CT molecular complexity index is 184. The minimum atomic E-state index is -1.38. The van der Waals surface area contributed by atoms with E-state index in [1.54, 1.807) is 0 Å². The number of aliphatic hydroxyl groups is 2. The van der Waals surface area contributed by atoms with Gasteiger partial charge in [-0.25, -0.2) is 0 Å². The van der Waals surface area contributed by atoms with Crippen molar-refractivity contribution in [2.45, 2.75) is 18.4 Å². The van der Waals surface area contributed by atoms with Gasteiger partial charge in [0, 0.05) is 13.0 Å². The molecule has 2 atom stereocenters. The minimum absolute atomic E-state index is 0.383. The maximum Gasteiger partial charge on any atom is 0.217 e. The highest BCUT2D eigenvalue weighted by Gasteiger charge is 2.39. The van der Waals surface area contributed by atoms with E-state index in [9.17, 15) is 5.11 Å². The van der Waals surface area contributed by atoms with Crippen LogP contribution in [0.1, 0.15) is 6.42 Å². The van der Waals surface area contributed by atoms with Gasteiger partial charge in [0.2, 0.25) is 12.0 Å². The van der Waals surface area contributed by atoms with Gasteiger partial charge >= 0.3 is 0 Å². The maximum absolute atomic E-state index is 9.63. The lowest BCUT2D eigenvalue weighted by Crippen LogP contribution is -2.49. The zero-order valence-corrected chi connectivity index (χ0v) is 7.23. The average Bonchev–Trinajstić information content (AvgIpc) is 2.30. The Hall–Kier alpha value is -0.720. The molecule has 0 radical (unpaired) electrons. The van der Waals surface area contributed by atoms with Crippen LogP contribution in [0.3, 0.4) is 0 Å². The Morgan fingerprint density at radius 1 is 1.58 bits per heavy atom. The summed E-state index contributed by atoms with van der Waals surface area (Å²) >= 11 is 0. The van der Waals surface area contributed by atoms with Crippen LogP contribution in [0.25, 0.3) is 0 Å². The molecule has 0 bridgehead atoms. The second-order valence-electron chi connectivity index (χ2n) is 3.18. The lowest BCUT2D eigenvalue weighted by molar-refractivity contribution is -0.0824. The first-order valence-electron chi connectivity index (χ1n) is 3.77. The molecule has 1 aliphatic heterocycles. The highest BCUT2D eigenvalue weighted by atomic mass is 16.4. The summed E-state index contributed by atoms with van der Waals surface area (Å²) in [5.41, 5.74) is 0.991. The number of rotatable bonds is 3. The molecule has 0 spiro atoms. The summed E-state index contributed by atoms with van der Waals surface area (Å²) in [5.74, 6) is 0. The van der Waals surface area contributed by atoms with E-state index in [1.165, 1.54) is 0 Å². The van der Waals surface area contributed by atoms with Crippen LogP contribution in [-0.2, 0) is 0 Å². The van der Waals surface area contributed by atoms with Crippen molar-refractivity contribution in [1.82, 2.24) is 10.3 Å². The SMILES string of the molecule is CN(C)CCC1(O)NN=NC1O. The Kier molecular flexibility index (Phi) is 2.61. The molecule has 0 amide bonds. The zero-order chi connectivity index (χ0) is 9.19. The van der Waals surface area contributed by atoms with Gasteiger partial charge in [-0.05, 0) is 14.1 Å². The zero-order valence-electron chi connectivity index (χ0n) is 7.23. The molecule has 0 saturated carbocycles. The Balaban J connectivity index is 2.40. The Labute approximate surface area is 70.9 Å². The Morgan fingerprint density at radius 2 is 2.25 bits per heavy atom. The molecule has 1 rings (SSSR count). The van der Waals surface area contributed by atoms with Crippen molar-refractivity contribution in [1.29, 1.82) is 0 Å². The van der Waals surface area contributed by atoms with Gasteiger partial charge < -0.3 is 15.1 Å². The molecule has 1 heterocycles. The molecule has 0 aromatic rings. The molecule has 1 aliphatic rings. The van der Waals surface area contributed by atoms with Crippen molar-refractivity contribution in [2.24, 2.45) is 10.3 Å². The van der Waals surface area contributed by atoms with Gasteiger partial charge in [0.05, 0.1) is 0 Å². The maximum atomic E-state index is 9.63. The third-order valence-corrected chi connectivity index (χ3v) is 1.78. The van der Waals surface area contributed by atoms with E-state index in [4.69, 9.17) is 5.11 Å². The second kappa shape index (κ2) is 3.34. The van der Waals surface area contributed by atoms with Crippen LogP contribution < -0.4 is 5.43 Å². The number of hydrogen-bond acceptors (Lipinski definition) is 6. The van der Waals surface area contributed by atoms with Crippen molar-refractivity contribution in [3.05, 3.63) is 0 Å². The summed E-state index contributed by atoms with van der Waals surface area (Å²) in [5, 5.41) is 25.5. The first kappa shape index (κ1) is 9.37. The largest absolute Gasteiger partial charge is 0.366 e. The van der Waals surface area contributed by atoms with E-state index in [-0.39, 0.29) is 0 Å². The lowest BCUT2D eigenvalue weighted by atomic mass is 10.1. The van der Waals surface area contributed by atoms with E-state index in [2.05, 4.69) is 15.8 Å². The summed E-state index contributed by atoms with van der Waals surface area (Å²) in [4.78, 5) is 1.91. The summed E-state index contributed by atoms with van der Waals surface area (Å²) < 4.78 is 0. The van der Waals surface area contributed by atoms with Crippen LogP contribution in [0.2, 0.25) is 0 Å². The van der Waals surface area contributed by atoms with Crippen molar-refractivity contribution in [3.63, 3.8) is 0 Å². The number of nitrogens with zero attached hydrogens (tertiary/aromatic N) is 3. The van der Waals surface area contributed by atoms with Gasteiger partial charge in [0.1, 0.15) is 0 Å². The second-order valence-corrected chi connectivity index (χ2v) is 3.18. The third-order valence-electron chi connectivity index (χ3n) is 1.78. The molecule has 0 aromatic heterocycles. The van der Waals surface area contributed by atoms with Crippen molar-refractivity contribution in [2.75, 3.05) is 20.6 Å². The molecule has 6 nitrogen and oxygen atoms in total. The smallest absolute Gasteiger partial charge is 0.217 e. The fourth-order valence-corrected chi connectivity index (χ4v) is 0.902. The molecule has 0 fully saturated rings. The molecule has 0 aromatic carbocycles. The number of aliphatic hydroxyl groups excluding tert-OH is 1. The third kappa shape index (κ3) is 1.90. The van der Waals surface area contributed by atoms with E-state index >= 15 is 0 Å². The molecule has 70 valence electrons. The van der Waals surface area contributed by atoms with Crippen LogP contribution in [0, 0.1) is 0 Å². The fraction of sp³-hybridized carbons (Fsp3) is 1.00. The molecular weight excluding hydrogens is 160 g/mol. The normalized spacial score (nSPS) is 34.2. The van der Waals surface area contributed by atoms with E-state index < -0.39 is 12.0 Å². The van der Waals surface area contributed by atoms with Crippen LogP contribution in [0.5, 0.6) is 0 Å². The van der Waals surface area contributed by atoms with Gasteiger partial charge in [-0.1, -0.05) is 5.22 Å². The van der Waals surface area contributed by atoms with Gasteiger partial charge in [-0.2, -0.15) is 0 Å². The molecule has 0 saturated heterocycles. The lowest BCUT2D eigenvalue weighted by Gasteiger charge is -2.25. The van der Waals surface area contributed by atoms with Gasteiger partial charge in [-0.15, -0.1) is 5.11 Å². The molecule has 12 heavy (non-hydrogen) atoms. The Morgan fingerprint density at radius 3 is 2.67 bits per heavy atom. The van der Waals surface area contributed by atoms with Gasteiger partial charge in [0.15, 0.2) is 0 Å². The first-order chi connectivity index (χ1) is 5.54. The highest BCUT2D eigenvalue weighted by molar-refractivity contribution is 4.84. The number of nitrogens with one attached hydrogen (secondary N) is 1. The van der Waals surface area contributed by atoms with Gasteiger partial charge in [-0.3, -0.25) is 5.43 Å². The number of hydrogen-bond donors (Lipinski definition) is 3. The molecular formula is C6H14N4O2. The topological polar surface area (TPSA) is 80.5 Å². The van der Waals surface area contributed by atoms with Gasteiger partial charge in [0.25, 0.3) is 0 Å². The van der Waals surface area contributed by atoms with E-state index in [1.807, 2.05) is 19.0 Å². The predicted octanol–water partition coefficient (Wildman–Crippen LogP) is -1.08. The van der Waals surface area contributed by atoms with Crippen LogP contribution in [0.4, 0.5) is 0 Å². The fourth-order valence-electron chi connectivity index (χ4n) is 0.902. The average molecular weight is 174 g/mol. The highest BCUT2D eigenvalue weighted by Crippen LogP contribution is 2.18. The molecule has 0 aliphatic carbocycles. The van der Waals surface area contributed by atoms with Crippen molar-refractivity contribution in [3.8, 4) is 0 Å². The monoisotopic (exact) mass is 174 g/mol. The molecule has 2 unspecified atom stereocenters. The van der Waals surface area contributed by atoms with E-state index in [0.717, 1.165) is 0 Å². The van der Waals surface area contributed by atoms with Crippen LogP contribution in [0.15, 0.2) is 10.3 Å². The molecule has 6 heteroatoms. The van der Waals surface area contributed by atoms with Crippen LogP contribution >= 0.6 is 0 Å². The quantitative estimate of drug-likeness (QED) is 0.508. The predicted molar refractivity (Wildman–Crippen MR) is 42.1 cm³/mol. The van der Waals surface area contributed by atoms with Crippen LogP contribution in [-0.4, -0.2) is 47.7 Å². The first-order valence-corrected chi connectivity index (χ1v) is 3.77. The summed E-state index contributed by atoms with van der Waals surface area (Å²) in [6, 6.07) is 0. The standard InChI is InChI=1S/C6H14N4O2/c1-10(2)4-3-6(12)5(11)7-9-8-6/h5,11-12H,3-4H2,1-2H3,(H,7,8). The summed E-state index contributed by atoms with van der Waals surface area (Å²) in [7, 11) is 3.78.